The molecule has 0 aromatic heterocycles. The Morgan fingerprint density at radius 3 is 2.37 bits per heavy atom. The lowest BCUT2D eigenvalue weighted by molar-refractivity contribution is -0.532. The zero-order chi connectivity index (χ0) is 14.3. The van der Waals surface area contributed by atoms with Crippen LogP contribution in [0.3, 0.4) is 0 Å². The highest BCUT2D eigenvalue weighted by Crippen LogP contribution is 2.13. The second kappa shape index (κ2) is 7.17. The Bertz CT molecular complexity index is 402. The Hall–Kier alpha value is -1.51. The van der Waals surface area contributed by atoms with Gasteiger partial charge in [-0.05, 0) is 30.5 Å². The van der Waals surface area contributed by atoms with Gasteiger partial charge < -0.3 is 9.94 Å². The molecule has 1 aromatic carbocycles. The monoisotopic (exact) mass is 263 g/mol. The van der Waals surface area contributed by atoms with Crippen molar-refractivity contribution in [3.05, 3.63) is 35.0 Å². The van der Waals surface area contributed by atoms with E-state index in [0.29, 0.717) is 0 Å². The molecule has 0 spiro atoms. The van der Waals surface area contributed by atoms with Crippen LogP contribution in [0.2, 0.25) is 0 Å². The van der Waals surface area contributed by atoms with Crippen molar-refractivity contribution in [1.29, 1.82) is 0 Å². The van der Waals surface area contributed by atoms with Gasteiger partial charge in [0, 0.05) is 27.2 Å². The van der Waals surface area contributed by atoms with Crippen LogP contribution in [0, 0.1) is 5.21 Å². The predicted molar refractivity (Wildman–Crippen MR) is 80.0 cm³/mol. The summed E-state index contributed by atoms with van der Waals surface area (Å²) in [5.74, 6) is 0.912. The average molecular weight is 263 g/mol. The average Bonchev–Trinajstić information content (AvgIpc) is 2.36. The van der Waals surface area contributed by atoms with Crippen molar-refractivity contribution in [2.24, 2.45) is 0 Å². The molecule has 0 atom stereocenters. The van der Waals surface area contributed by atoms with Crippen molar-refractivity contribution in [3.63, 3.8) is 0 Å². The quantitative estimate of drug-likeness (QED) is 0.339. The van der Waals surface area contributed by atoms with Crippen LogP contribution in [-0.4, -0.2) is 23.1 Å². The first-order valence-electron chi connectivity index (χ1n) is 6.95. The van der Waals surface area contributed by atoms with Crippen molar-refractivity contribution in [2.75, 3.05) is 6.61 Å². The van der Waals surface area contributed by atoms with Gasteiger partial charge in [-0.3, -0.25) is 0 Å². The molecule has 0 saturated heterocycles. The summed E-state index contributed by atoms with van der Waals surface area (Å²) in [6.45, 7) is 8.58. The summed E-state index contributed by atoms with van der Waals surface area (Å²) in [7, 11) is 0. The van der Waals surface area contributed by atoms with Crippen molar-refractivity contribution < 1.29 is 9.48 Å². The number of ether oxygens (including phenoxy) is 1. The summed E-state index contributed by atoms with van der Waals surface area (Å²) >= 11 is 0. The number of benzene rings is 1. The van der Waals surface area contributed by atoms with E-state index in [1.165, 1.54) is 5.56 Å². The lowest BCUT2D eigenvalue weighted by Crippen LogP contribution is -2.29. The normalized spacial score (nSPS) is 12.5. The van der Waals surface area contributed by atoms with E-state index < -0.39 is 0 Å². The first kappa shape index (κ1) is 15.5. The molecule has 3 nitrogen and oxygen atoms in total. The Morgan fingerprint density at radius 2 is 1.84 bits per heavy atom. The molecule has 0 N–H and O–H groups in total. The van der Waals surface area contributed by atoms with Crippen LogP contribution in [0.25, 0.3) is 0 Å². The molecule has 1 aromatic rings. The minimum absolute atomic E-state index is 0.349. The van der Waals surface area contributed by atoms with Gasteiger partial charge >= 0.3 is 0 Å². The summed E-state index contributed by atoms with van der Waals surface area (Å²) in [5.41, 5.74) is 0.875. The lowest BCUT2D eigenvalue weighted by Gasteiger charge is -2.18. The maximum atomic E-state index is 11.7. The fourth-order valence-electron chi connectivity index (χ4n) is 1.59. The minimum Gasteiger partial charge on any atom is -0.624 e. The Kier molecular flexibility index (Phi) is 5.87. The Balaban J connectivity index is 2.46. The molecule has 0 aliphatic heterocycles. The molecule has 0 fully saturated rings. The highest BCUT2D eigenvalue weighted by Gasteiger charge is 2.17. The van der Waals surface area contributed by atoms with Gasteiger partial charge in [0.2, 0.25) is 0 Å². The Labute approximate surface area is 116 Å². The third-order valence-electron chi connectivity index (χ3n) is 2.79. The van der Waals surface area contributed by atoms with Crippen LogP contribution in [0.4, 0.5) is 0 Å². The summed E-state index contributed by atoms with van der Waals surface area (Å²) in [5, 5.41) is 11.7. The number of hydrogen-bond donors (Lipinski definition) is 0. The van der Waals surface area contributed by atoms with Gasteiger partial charge in [0.25, 0.3) is 0 Å². The molecule has 1 rings (SSSR count). The van der Waals surface area contributed by atoms with Gasteiger partial charge in [0.1, 0.15) is 5.75 Å². The van der Waals surface area contributed by atoms with Crippen LogP contribution in [0.1, 0.15) is 46.1 Å². The molecule has 0 bridgehead atoms. The van der Waals surface area contributed by atoms with Crippen LogP contribution in [0.5, 0.6) is 5.75 Å². The molecule has 19 heavy (non-hydrogen) atoms. The van der Waals surface area contributed by atoms with Crippen LogP contribution in [0.15, 0.2) is 24.3 Å². The van der Waals surface area contributed by atoms with E-state index in [-0.39, 0.29) is 5.54 Å². The maximum Gasteiger partial charge on any atom is 0.164 e. The maximum absolute atomic E-state index is 11.7. The fourth-order valence-corrected chi connectivity index (χ4v) is 1.59. The van der Waals surface area contributed by atoms with Crippen LogP contribution < -0.4 is 4.74 Å². The molecule has 0 amide bonds. The molecule has 0 heterocycles. The molecular formula is C16H25NO2. The molecule has 3 heteroatoms. The summed E-state index contributed by atoms with van der Waals surface area (Å²) in [4.78, 5) is 0. The number of rotatable bonds is 6. The van der Waals surface area contributed by atoms with E-state index in [2.05, 4.69) is 19.1 Å². The topological polar surface area (TPSA) is 35.3 Å². The highest BCUT2D eigenvalue weighted by molar-refractivity contribution is 5.52. The molecule has 0 aliphatic carbocycles. The van der Waals surface area contributed by atoms with Gasteiger partial charge in [-0.1, -0.05) is 19.1 Å². The second-order valence-corrected chi connectivity index (χ2v) is 5.71. The standard InChI is InChI=1S/C16H25NO2/c1-5-13-19-15-10-8-14(9-11-15)7-6-12-17(18)16(2,3)4/h8-12H,5-7,13H2,1-4H3. The SMILES string of the molecule is CCCOc1ccc(CCC=[N+]([O-])C(C)(C)C)cc1. The van der Waals surface area contributed by atoms with Crippen molar-refractivity contribution in [1.82, 2.24) is 0 Å². The van der Waals surface area contributed by atoms with Gasteiger partial charge in [0.15, 0.2) is 11.8 Å². The van der Waals surface area contributed by atoms with Crippen molar-refractivity contribution >= 4 is 6.21 Å². The minimum atomic E-state index is -0.349. The van der Waals surface area contributed by atoms with E-state index in [1.54, 1.807) is 6.21 Å². The van der Waals surface area contributed by atoms with Gasteiger partial charge in [-0.15, -0.1) is 0 Å². The third-order valence-corrected chi connectivity index (χ3v) is 2.79. The fraction of sp³-hybridized carbons (Fsp3) is 0.562. The largest absolute Gasteiger partial charge is 0.624 e. The van der Waals surface area contributed by atoms with Crippen molar-refractivity contribution in [2.45, 2.75) is 52.5 Å². The zero-order valence-electron chi connectivity index (χ0n) is 12.5. The Morgan fingerprint density at radius 1 is 1.21 bits per heavy atom. The van der Waals surface area contributed by atoms with Gasteiger partial charge in [-0.2, -0.15) is 0 Å². The van der Waals surface area contributed by atoms with E-state index in [4.69, 9.17) is 4.74 Å². The van der Waals surface area contributed by atoms with Gasteiger partial charge in [-0.25, -0.2) is 4.74 Å². The number of hydrogen-bond acceptors (Lipinski definition) is 2. The van der Waals surface area contributed by atoms with E-state index in [0.717, 1.165) is 36.4 Å². The molecule has 0 radical (unpaired) electrons. The first-order chi connectivity index (χ1) is 8.93. The number of aryl methyl sites for hydroxylation is 1. The molecule has 0 saturated carbocycles. The van der Waals surface area contributed by atoms with Crippen LogP contribution >= 0.6 is 0 Å². The number of nitrogens with zero attached hydrogens (tertiary/aromatic N) is 1. The van der Waals surface area contributed by atoms with Crippen LogP contribution in [-0.2, 0) is 6.42 Å². The third kappa shape index (κ3) is 5.77. The predicted octanol–water partition coefficient (Wildman–Crippen LogP) is 3.79. The summed E-state index contributed by atoms with van der Waals surface area (Å²) in [6, 6.07) is 8.10. The summed E-state index contributed by atoms with van der Waals surface area (Å²) < 4.78 is 6.56. The van der Waals surface area contributed by atoms with E-state index in [9.17, 15) is 5.21 Å². The smallest absolute Gasteiger partial charge is 0.164 e. The highest BCUT2D eigenvalue weighted by atomic mass is 16.5. The molecule has 106 valence electrons. The molecule has 0 unspecified atom stereocenters. The van der Waals surface area contributed by atoms with Gasteiger partial charge in [0.05, 0.1) is 6.61 Å². The van der Waals surface area contributed by atoms with Crippen molar-refractivity contribution in [3.8, 4) is 5.75 Å². The molecule has 0 aliphatic rings. The van der Waals surface area contributed by atoms with E-state index in [1.807, 2.05) is 32.9 Å². The number of hydroxylamine groups is 1. The van der Waals surface area contributed by atoms with E-state index >= 15 is 0 Å². The first-order valence-corrected chi connectivity index (χ1v) is 6.95. The zero-order valence-corrected chi connectivity index (χ0v) is 12.5. The molecular weight excluding hydrogens is 238 g/mol. The second-order valence-electron chi connectivity index (χ2n) is 5.71. The summed E-state index contributed by atoms with van der Waals surface area (Å²) in [6.07, 6.45) is 4.38. The lowest BCUT2D eigenvalue weighted by atomic mass is 10.1.